The van der Waals surface area contributed by atoms with Gasteiger partial charge in [0, 0.05) is 18.5 Å². The van der Waals surface area contributed by atoms with Gasteiger partial charge in [-0.15, -0.1) is 0 Å². The van der Waals surface area contributed by atoms with Gasteiger partial charge in [-0.2, -0.15) is 0 Å². The number of nitrogens with zero attached hydrogens (tertiary/aromatic N) is 1. The summed E-state index contributed by atoms with van der Waals surface area (Å²) in [4.78, 5) is 39.4. The predicted octanol–water partition coefficient (Wildman–Crippen LogP) is 4.34. The fourth-order valence-corrected chi connectivity index (χ4v) is 2.90. The second-order valence-corrected chi connectivity index (χ2v) is 8.76. The third-order valence-electron chi connectivity index (χ3n) is 3.86. The molecule has 0 atom stereocenters. The van der Waals surface area contributed by atoms with Crippen LogP contribution in [0.3, 0.4) is 0 Å². The molecule has 1 aliphatic rings. The predicted molar refractivity (Wildman–Crippen MR) is 106 cm³/mol. The van der Waals surface area contributed by atoms with Crippen molar-refractivity contribution in [1.29, 1.82) is 0 Å². The highest BCUT2D eigenvalue weighted by molar-refractivity contribution is 6.08. The maximum atomic E-state index is 12.8. The molecule has 1 aromatic carbocycles. The van der Waals surface area contributed by atoms with Crippen LogP contribution in [0.4, 0.5) is 4.79 Å². The van der Waals surface area contributed by atoms with Gasteiger partial charge in [-0.25, -0.2) is 4.79 Å². The Morgan fingerprint density at radius 3 is 2.07 bits per heavy atom. The Morgan fingerprint density at radius 1 is 0.964 bits per heavy atom. The Kier molecular flexibility index (Phi) is 6.32. The molecule has 0 N–H and O–H groups in total. The molecule has 1 aromatic rings. The first-order chi connectivity index (χ1) is 12.9. The average molecular weight is 387 g/mol. The molecule has 1 heterocycles. The first-order valence-electron chi connectivity index (χ1n) is 9.41. The highest BCUT2D eigenvalue weighted by Crippen LogP contribution is 2.32. The summed E-state index contributed by atoms with van der Waals surface area (Å²) in [5, 5.41) is 0. The number of ketones is 1. The van der Waals surface area contributed by atoms with Crippen LogP contribution < -0.4 is 0 Å². The van der Waals surface area contributed by atoms with Crippen LogP contribution in [0.25, 0.3) is 5.70 Å². The Hall–Kier alpha value is -2.63. The van der Waals surface area contributed by atoms with E-state index in [1.807, 2.05) is 18.2 Å². The molecule has 1 amide bonds. The lowest BCUT2D eigenvalue weighted by atomic mass is 9.93. The fourth-order valence-electron chi connectivity index (χ4n) is 2.90. The molecule has 6 heteroatoms. The van der Waals surface area contributed by atoms with Crippen LogP contribution in [-0.2, 0) is 19.1 Å². The van der Waals surface area contributed by atoms with Crippen LogP contribution in [-0.4, -0.2) is 40.5 Å². The van der Waals surface area contributed by atoms with E-state index in [1.165, 1.54) is 4.90 Å². The molecular weight excluding hydrogens is 358 g/mol. The van der Waals surface area contributed by atoms with Crippen molar-refractivity contribution in [2.24, 2.45) is 0 Å². The van der Waals surface area contributed by atoms with Crippen molar-refractivity contribution in [3.05, 3.63) is 41.5 Å². The maximum Gasteiger partial charge on any atom is 0.414 e. The molecule has 0 saturated heterocycles. The van der Waals surface area contributed by atoms with Crippen molar-refractivity contribution in [2.75, 3.05) is 6.54 Å². The van der Waals surface area contributed by atoms with E-state index in [2.05, 4.69) is 0 Å². The Morgan fingerprint density at radius 2 is 1.54 bits per heavy atom. The largest absolute Gasteiger partial charge is 0.460 e. The number of ether oxygens (including phenoxy) is 2. The van der Waals surface area contributed by atoms with Crippen molar-refractivity contribution in [1.82, 2.24) is 4.90 Å². The lowest BCUT2D eigenvalue weighted by molar-refractivity contribution is -0.154. The molecule has 152 valence electrons. The van der Waals surface area contributed by atoms with Gasteiger partial charge in [0.2, 0.25) is 0 Å². The van der Waals surface area contributed by atoms with Crippen molar-refractivity contribution < 1.29 is 23.9 Å². The van der Waals surface area contributed by atoms with Gasteiger partial charge < -0.3 is 9.47 Å². The van der Waals surface area contributed by atoms with E-state index in [4.69, 9.17) is 9.47 Å². The molecular formula is C22H29NO5. The zero-order chi connectivity index (χ0) is 21.1. The number of Topliss-reactive ketones (excluding diaryl/α,β-unsaturated/α-hetero) is 1. The van der Waals surface area contributed by atoms with Crippen LogP contribution in [0.5, 0.6) is 0 Å². The molecule has 0 fully saturated rings. The Labute approximate surface area is 166 Å². The summed E-state index contributed by atoms with van der Waals surface area (Å²) in [6, 6.07) is 9.10. The third kappa shape index (κ3) is 5.94. The van der Waals surface area contributed by atoms with Gasteiger partial charge in [0.15, 0.2) is 5.78 Å². The number of esters is 1. The molecule has 28 heavy (non-hydrogen) atoms. The highest BCUT2D eigenvalue weighted by atomic mass is 16.6. The number of carbonyl (C=O) groups is 3. The lowest BCUT2D eigenvalue weighted by Crippen LogP contribution is -2.41. The van der Waals surface area contributed by atoms with E-state index in [0.717, 1.165) is 0 Å². The fraction of sp³-hybridized carbons (Fsp3) is 0.500. The van der Waals surface area contributed by atoms with E-state index >= 15 is 0 Å². The number of hydrogen-bond donors (Lipinski definition) is 0. The molecule has 0 saturated carbocycles. The number of amides is 1. The molecule has 0 aromatic heterocycles. The third-order valence-corrected chi connectivity index (χ3v) is 3.86. The quantitative estimate of drug-likeness (QED) is 0.722. The number of rotatable bonds is 3. The molecule has 0 bridgehead atoms. The minimum absolute atomic E-state index is 0.133. The van der Waals surface area contributed by atoms with Crippen molar-refractivity contribution in [3.63, 3.8) is 0 Å². The summed E-state index contributed by atoms with van der Waals surface area (Å²) in [5.41, 5.74) is 0.0354. The summed E-state index contributed by atoms with van der Waals surface area (Å²) in [6.07, 6.45) is -0.603. The van der Waals surface area contributed by atoms with Crippen LogP contribution in [0.15, 0.2) is 35.9 Å². The topological polar surface area (TPSA) is 72.9 Å². The highest BCUT2D eigenvalue weighted by Gasteiger charge is 2.35. The maximum absolute atomic E-state index is 12.8. The van der Waals surface area contributed by atoms with Gasteiger partial charge in [0.1, 0.15) is 11.2 Å². The minimum atomic E-state index is -0.675. The Balaban J connectivity index is 2.49. The van der Waals surface area contributed by atoms with E-state index in [0.29, 0.717) is 11.3 Å². The summed E-state index contributed by atoms with van der Waals surface area (Å²) in [6.45, 7) is 10.9. The smallest absolute Gasteiger partial charge is 0.414 e. The van der Waals surface area contributed by atoms with Crippen LogP contribution in [0.1, 0.15) is 59.9 Å². The first-order valence-corrected chi connectivity index (χ1v) is 9.41. The molecule has 0 radical (unpaired) electrons. The summed E-state index contributed by atoms with van der Waals surface area (Å²) >= 11 is 0. The van der Waals surface area contributed by atoms with Gasteiger partial charge in [-0.05, 0) is 47.1 Å². The van der Waals surface area contributed by atoms with Crippen molar-refractivity contribution in [3.8, 4) is 0 Å². The van der Waals surface area contributed by atoms with E-state index in [1.54, 1.807) is 53.7 Å². The standard InChI is InChI=1S/C22H29NO5/c1-21(2,3)27-18(25)14-16-17(24)12-13-23(20(26)28-22(4,5)6)19(16)15-10-8-7-9-11-15/h7-11H,12-14H2,1-6H3. The molecule has 0 aliphatic carbocycles. The molecule has 2 rings (SSSR count). The lowest BCUT2D eigenvalue weighted by Gasteiger charge is -2.33. The van der Waals surface area contributed by atoms with Gasteiger partial charge in [0.25, 0.3) is 0 Å². The van der Waals surface area contributed by atoms with Crippen LogP contribution in [0.2, 0.25) is 0 Å². The zero-order valence-electron chi connectivity index (χ0n) is 17.5. The second kappa shape index (κ2) is 8.17. The summed E-state index contributed by atoms with van der Waals surface area (Å²) in [5.74, 6) is -0.667. The van der Waals surface area contributed by atoms with E-state index < -0.39 is 23.3 Å². The Bertz CT molecular complexity index is 781. The van der Waals surface area contributed by atoms with Crippen LogP contribution >= 0.6 is 0 Å². The summed E-state index contributed by atoms with van der Waals surface area (Å²) < 4.78 is 10.9. The molecule has 0 unspecified atom stereocenters. The zero-order valence-corrected chi connectivity index (χ0v) is 17.5. The molecule has 6 nitrogen and oxygen atoms in total. The summed E-state index contributed by atoms with van der Waals surface area (Å²) in [7, 11) is 0. The molecule has 0 spiro atoms. The van der Waals surface area contributed by atoms with Gasteiger partial charge in [0.05, 0.1) is 12.1 Å². The monoisotopic (exact) mass is 387 g/mol. The van der Waals surface area contributed by atoms with E-state index in [-0.39, 0.29) is 30.7 Å². The number of carbonyl (C=O) groups excluding carboxylic acids is 3. The minimum Gasteiger partial charge on any atom is -0.460 e. The van der Waals surface area contributed by atoms with Crippen molar-refractivity contribution >= 4 is 23.5 Å². The number of hydrogen-bond acceptors (Lipinski definition) is 5. The molecule has 1 aliphatic heterocycles. The SMILES string of the molecule is CC(C)(C)OC(=O)CC1=C(c2ccccc2)N(C(=O)OC(C)(C)C)CCC1=O. The average Bonchev–Trinajstić information content (AvgIpc) is 2.54. The van der Waals surface area contributed by atoms with Crippen LogP contribution in [0, 0.1) is 0 Å². The second-order valence-electron chi connectivity index (χ2n) is 8.76. The first kappa shape index (κ1) is 21.7. The van der Waals surface area contributed by atoms with E-state index in [9.17, 15) is 14.4 Å². The van der Waals surface area contributed by atoms with Crippen molar-refractivity contribution in [2.45, 2.75) is 65.6 Å². The van der Waals surface area contributed by atoms with Gasteiger partial charge in [-0.3, -0.25) is 14.5 Å². The number of benzene rings is 1. The normalized spacial score (nSPS) is 15.5. The van der Waals surface area contributed by atoms with Gasteiger partial charge in [-0.1, -0.05) is 30.3 Å². The van der Waals surface area contributed by atoms with Gasteiger partial charge >= 0.3 is 12.1 Å².